The number of halogens is 1. The van der Waals surface area contributed by atoms with Gasteiger partial charge in [0.15, 0.2) is 0 Å². The highest BCUT2D eigenvalue weighted by atomic mass is 32.2. The molecule has 2 heterocycles. The number of nitrogens with zero attached hydrogens (tertiary/aromatic N) is 3. The molecule has 0 aliphatic carbocycles. The molecular weight excluding hydrogens is 455 g/mol. The topological polar surface area (TPSA) is 84.3 Å². The third-order valence-corrected chi connectivity index (χ3v) is 7.50. The average Bonchev–Trinajstić information content (AvgIpc) is 3.45. The van der Waals surface area contributed by atoms with Gasteiger partial charge >= 0.3 is 0 Å². The van der Waals surface area contributed by atoms with Gasteiger partial charge in [0.1, 0.15) is 5.82 Å². The van der Waals surface area contributed by atoms with Crippen molar-refractivity contribution in [2.75, 3.05) is 11.4 Å². The molecule has 7 nitrogen and oxygen atoms in total. The van der Waals surface area contributed by atoms with Crippen molar-refractivity contribution < 1.29 is 17.6 Å². The van der Waals surface area contributed by atoms with Gasteiger partial charge < -0.3 is 9.47 Å². The Kier molecular flexibility index (Phi) is 5.89. The van der Waals surface area contributed by atoms with Crippen LogP contribution in [0, 0.1) is 5.82 Å². The molecule has 0 radical (unpaired) electrons. The Labute approximate surface area is 196 Å². The van der Waals surface area contributed by atoms with Crippen molar-refractivity contribution in [2.45, 2.75) is 30.3 Å². The van der Waals surface area contributed by atoms with E-state index in [2.05, 4.69) is 9.71 Å². The number of para-hydroxylation sites is 2. The maximum absolute atomic E-state index is 13.6. The van der Waals surface area contributed by atoms with Gasteiger partial charge in [-0.1, -0.05) is 24.3 Å². The second-order valence-corrected chi connectivity index (χ2v) is 9.97. The van der Waals surface area contributed by atoms with Crippen LogP contribution in [-0.4, -0.2) is 30.4 Å². The molecule has 4 aromatic rings. The summed E-state index contributed by atoms with van der Waals surface area (Å²) in [6.45, 7) is 0.903. The molecule has 0 saturated carbocycles. The highest BCUT2D eigenvalue weighted by Gasteiger charge is 2.25. The minimum Gasteiger partial charge on any atom is -0.329 e. The third-order valence-electron chi connectivity index (χ3n) is 6.01. The van der Waals surface area contributed by atoms with Crippen LogP contribution in [0.5, 0.6) is 0 Å². The molecule has 1 atom stereocenters. The SMILES string of the molecule is O=C1CCCN1c1ccc(S(=O)(=O)N[C@H](Cn2cnc3ccccc32)c2ccc(F)cc2)cc1. The molecule has 0 spiro atoms. The standard InChI is InChI=1S/C25H23FN4O3S/c26-19-9-7-18(8-10-19)23(16-29-17-27-22-4-1-2-5-24(22)29)28-34(32,33)21-13-11-20(12-14-21)30-15-3-6-25(30)31/h1-2,4-5,7-14,17,23,28H,3,6,15-16H2/t23-/m1/s1. The number of rotatable bonds is 7. The second kappa shape index (κ2) is 9.00. The van der Waals surface area contributed by atoms with E-state index in [9.17, 15) is 17.6 Å². The number of nitrogens with one attached hydrogen (secondary N) is 1. The fraction of sp³-hybridized carbons (Fsp3) is 0.200. The van der Waals surface area contributed by atoms with Crippen molar-refractivity contribution in [3.63, 3.8) is 0 Å². The maximum Gasteiger partial charge on any atom is 0.241 e. The molecule has 1 aromatic heterocycles. The summed E-state index contributed by atoms with van der Waals surface area (Å²) in [5, 5.41) is 0. The fourth-order valence-electron chi connectivity index (χ4n) is 4.24. The number of carbonyl (C=O) groups excluding carboxylic acids is 1. The summed E-state index contributed by atoms with van der Waals surface area (Å²) in [6, 6.07) is 19.0. The molecule has 5 rings (SSSR count). The number of hydrogen-bond donors (Lipinski definition) is 1. The number of amides is 1. The van der Waals surface area contributed by atoms with Gasteiger partial charge in [-0.25, -0.2) is 22.5 Å². The summed E-state index contributed by atoms with van der Waals surface area (Å²) >= 11 is 0. The largest absolute Gasteiger partial charge is 0.329 e. The molecule has 1 amide bonds. The van der Waals surface area contributed by atoms with E-state index in [1.807, 2.05) is 28.8 Å². The van der Waals surface area contributed by atoms with Crippen LogP contribution < -0.4 is 9.62 Å². The normalized spacial score (nSPS) is 15.2. The zero-order valence-corrected chi connectivity index (χ0v) is 19.1. The van der Waals surface area contributed by atoms with E-state index in [1.54, 1.807) is 35.5 Å². The molecule has 0 bridgehead atoms. The van der Waals surface area contributed by atoms with Crippen molar-refractivity contribution in [3.05, 3.63) is 90.5 Å². The predicted molar refractivity (Wildman–Crippen MR) is 127 cm³/mol. The average molecular weight is 479 g/mol. The quantitative estimate of drug-likeness (QED) is 0.435. The molecule has 9 heteroatoms. The molecule has 3 aromatic carbocycles. The van der Waals surface area contributed by atoms with E-state index in [4.69, 9.17) is 0 Å². The van der Waals surface area contributed by atoms with Gasteiger partial charge in [0.2, 0.25) is 15.9 Å². The number of carbonyl (C=O) groups is 1. The van der Waals surface area contributed by atoms with Crippen LogP contribution in [0.25, 0.3) is 11.0 Å². The van der Waals surface area contributed by atoms with Crippen molar-refractivity contribution >= 4 is 32.7 Å². The number of hydrogen-bond acceptors (Lipinski definition) is 4. The Bertz CT molecular complexity index is 1430. The van der Waals surface area contributed by atoms with E-state index in [1.165, 1.54) is 24.3 Å². The lowest BCUT2D eigenvalue weighted by atomic mass is 10.1. The summed E-state index contributed by atoms with van der Waals surface area (Å²) in [6.07, 6.45) is 2.96. The number of imidazole rings is 1. The zero-order chi connectivity index (χ0) is 23.7. The van der Waals surface area contributed by atoms with Gasteiger partial charge in [0.05, 0.1) is 28.3 Å². The fourth-order valence-corrected chi connectivity index (χ4v) is 5.46. The number of sulfonamides is 1. The molecule has 0 unspecified atom stereocenters. The lowest BCUT2D eigenvalue weighted by molar-refractivity contribution is -0.117. The number of aromatic nitrogens is 2. The van der Waals surface area contributed by atoms with Crippen LogP contribution in [-0.2, 0) is 21.4 Å². The van der Waals surface area contributed by atoms with Crippen LogP contribution in [0.15, 0.2) is 84.0 Å². The molecule has 34 heavy (non-hydrogen) atoms. The number of fused-ring (bicyclic) bond motifs is 1. The predicted octanol–water partition coefficient (Wildman–Crippen LogP) is 4.02. The molecule has 1 N–H and O–H groups in total. The number of benzene rings is 3. The molecule has 1 saturated heterocycles. The monoisotopic (exact) mass is 478 g/mol. The lowest BCUT2D eigenvalue weighted by Gasteiger charge is -2.21. The Morgan fingerprint density at radius 2 is 1.74 bits per heavy atom. The summed E-state index contributed by atoms with van der Waals surface area (Å²) in [5.74, 6) is -0.358. The Morgan fingerprint density at radius 1 is 1.00 bits per heavy atom. The highest BCUT2D eigenvalue weighted by Crippen LogP contribution is 2.25. The smallest absolute Gasteiger partial charge is 0.241 e. The van der Waals surface area contributed by atoms with E-state index in [0.717, 1.165) is 17.5 Å². The van der Waals surface area contributed by atoms with Crippen LogP contribution >= 0.6 is 0 Å². The van der Waals surface area contributed by atoms with Gasteiger partial charge in [-0.15, -0.1) is 0 Å². The first-order valence-electron chi connectivity index (χ1n) is 11.0. The Morgan fingerprint density at radius 3 is 2.44 bits per heavy atom. The van der Waals surface area contributed by atoms with E-state index >= 15 is 0 Å². The summed E-state index contributed by atoms with van der Waals surface area (Å²) in [4.78, 5) is 18.1. The Balaban J connectivity index is 1.44. The summed E-state index contributed by atoms with van der Waals surface area (Å²) in [7, 11) is -3.91. The van der Waals surface area contributed by atoms with Gasteiger partial charge in [0.25, 0.3) is 0 Å². The van der Waals surface area contributed by atoms with Gasteiger partial charge in [0, 0.05) is 25.2 Å². The Hall–Kier alpha value is -3.56. The highest BCUT2D eigenvalue weighted by molar-refractivity contribution is 7.89. The molecule has 1 fully saturated rings. The summed E-state index contributed by atoms with van der Waals surface area (Å²) in [5.41, 5.74) is 2.98. The van der Waals surface area contributed by atoms with Crippen molar-refractivity contribution in [1.29, 1.82) is 0 Å². The first kappa shape index (κ1) is 22.2. The zero-order valence-electron chi connectivity index (χ0n) is 18.3. The van der Waals surface area contributed by atoms with E-state index < -0.39 is 21.9 Å². The second-order valence-electron chi connectivity index (χ2n) is 8.25. The van der Waals surface area contributed by atoms with Crippen molar-refractivity contribution in [3.8, 4) is 0 Å². The molecule has 1 aliphatic rings. The van der Waals surface area contributed by atoms with Crippen molar-refractivity contribution in [1.82, 2.24) is 14.3 Å². The van der Waals surface area contributed by atoms with Gasteiger partial charge in [-0.3, -0.25) is 4.79 Å². The summed E-state index contributed by atoms with van der Waals surface area (Å²) < 4.78 is 44.7. The van der Waals surface area contributed by atoms with Gasteiger partial charge in [-0.05, 0) is 60.5 Å². The van der Waals surface area contributed by atoms with Crippen LogP contribution in [0.3, 0.4) is 0 Å². The minimum atomic E-state index is -3.91. The van der Waals surface area contributed by atoms with E-state index in [0.29, 0.717) is 24.2 Å². The van der Waals surface area contributed by atoms with Crippen LogP contribution in [0.2, 0.25) is 0 Å². The maximum atomic E-state index is 13.6. The van der Waals surface area contributed by atoms with Crippen molar-refractivity contribution in [2.24, 2.45) is 0 Å². The van der Waals surface area contributed by atoms with Crippen LogP contribution in [0.1, 0.15) is 24.4 Å². The first-order chi connectivity index (χ1) is 16.4. The van der Waals surface area contributed by atoms with E-state index in [-0.39, 0.29) is 17.3 Å². The molecular formula is C25H23FN4O3S. The third kappa shape index (κ3) is 4.44. The van der Waals surface area contributed by atoms with Crippen LogP contribution in [0.4, 0.5) is 10.1 Å². The lowest BCUT2D eigenvalue weighted by Crippen LogP contribution is -2.31. The number of anilines is 1. The minimum absolute atomic E-state index is 0.0395. The molecule has 174 valence electrons. The first-order valence-corrected chi connectivity index (χ1v) is 12.5. The molecule has 1 aliphatic heterocycles. The van der Waals surface area contributed by atoms with Gasteiger partial charge in [-0.2, -0.15) is 0 Å².